The second kappa shape index (κ2) is 8.49. The highest BCUT2D eigenvalue weighted by molar-refractivity contribution is 4.96. The van der Waals surface area contributed by atoms with Crippen molar-refractivity contribution < 1.29 is 9.26 Å². The van der Waals surface area contributed by atoms with Gasteiger partial charge in [0.05, 0.1) is 0 Å². The number of nitrogens with zero attached hydrogens (tertiary/aromatic N) is 2. The van der Waals surface area contributed by atoms with Crippen LogP contribution in [0.4, 0.5) is 0 Å². The van der Waals surface area contributed by atoms with Gasteiger partial charge in [-0.2, -0.15) is 4.98 Å². The summed E-state index contributed by atoms with van der Waals surface area (Å²) < 4.78 is 11.1. The Morgan fingerprint density at radius 2 is 2.05 bits per heavy atom. The molecule has 1 aliphatic carbocycles. The summed E-state index contributed by atoms with van der Waals surface area (Å²) in [5.74, 6) is 1.98. The van der Waals surface area contributed by atoms with Gasteiger partial charge in [-0.15, -0.1) is 0 Å². The fraction of sp³-hybridized carbons (Fsp3) is 0.875. The van der Waals surface area contributed by atoms with Crippen molar-refractivity contribution in [2.24, 2.45) is 5.92 Å². The van der Waals surface area contributed by atoms with Crippen LogP contribution in [0.5, 0.6) is 0 Å². The molecule has 1 N–H and O–H groups in total. The minimum atomic E-state index is -0.0120. The zero-order chi connectivity index (χ0) is 15.1. The first kappa shape index (κ1) is 16.4. The van der Waals surface area contributed by atoms with Crippen LogP contribution >= 0.6 is 0 Å². The van der Waals surface area contributed by atoms with E-state index >= 15 is 0 Å². The molecule has 2 unspecified atom stereocenters. The largest absolute Gasteiger partial charge is 0.373 e. The molecule has 1 aromatic heterocycles. The highest BCUT2D eigenvalue weighted by Gasteiger charge is 2.29. The Morgan fingerprint density at radius 3 is 2.67 bits per heavy atom. The van der Waals surface area contributed by atoms with Crippen molar-refractivity contribution in [3.05, 3.63) is 11.7 Å². The van der Waals surface area contributed by atoms with Gasteiger partial charge >= 0.3 is 0 Å². The molecule has 120 valence electrons. The van der Waals surface area contributed by atoms with E-state index < -0.39 is 0 Å². The van der Waals surface area contributed by atoms with Gasteiger partial charge in [-0.25, -0.2) is 0 Å². The third-order valence-electron chi connectivity index (χ3n) is 4.48. The number of rotatable bonds is 8. The molecule has 5 heteroatoms. The monoisotopic (exact) mass is 295 g/mol. The molecule has 0 radical (unpaired) electrons. The Bertz CT molecular complexity index is 402. The van der Waals surface area contributed by atoms with Crippen LogP contribution in [0.2, 0.25) is 0 Å². The number of aromatic nitrogens is 2. The van der Waals surface area contributed by atoms with E-state index in [1.807, 2.05) is 0 Å². The van der Waals surface area contributed by atoms with Gasteiger partial charge in [0.1, 0.15) is 6.10 Å². The zero-order valence-electron chi connectivity index (χ0n) is 13.6. The molecular weight excluding hydrogens is 266 g/mol. The fourth-order valence-electron chi connectivity index (χ4n) is 3.27. The quantitative estimate of drug-likeness (QED) is 0.797. The summed E-state index contributed by atoms with van der Waals surface area (Å²) in [4.78, 5) is 4.58. The fourth-order valence-corrected chi connectivity index (χ4v) is 3.27. The summed E-state index contributed by atoms with van der Waals surface area (Å²) in [6.45, 7) is 5.25. The molecule has 0 saturated heterocycles. The minimum absolute atomic E-state index is 0.0120. The van der Waals surface area contributed by atoms with Crippen molar-refractivity contribution in [3.8, 4) is 0 Å². The van der Waals surface area contributed by atoms with E-state index in [0.29, 0.717) is 12.0 Å². The first-order valence-electron chi connectivity index (χ1n) is 8.37. The van der Waals surface area contributed by atoms with Crippen molar-refractivity contribution in [1.82, 2.24) is 15.5 Å². The van der Waals surface area contributed by atoms with E-state index in [2.05, 4.69) is 29.3 Å². The first-order valence-corrected chi connectivity index (χ1v) is 8.37. The minimum Gasteiger partial charge on any atom is -0.373 e. The average molecular weight is 295 g/mol. The van der Waals surface area contributed by atoms with E-state index in [1.54, 1.807) is 7.11 Å². The van der Waals surface area contributed by atoms with Gasteiger partial charge in [-0.1, -0.05) is 38.3 Å². The van der Waals surface area contributed by atoms with Gasteiger partial charge in [0, 0.05) is 19.6 Å². The lowest BCUT2D eigenvalue weighted by atomic mass is 9.85. The van der Waals surface area contributed by atoms with Crippen LogP contribution in [-0.4, -0.2) is 29.8 Å². The lowest BCUT2D eigenvalue weighted by Crippen LogP contribution is -2.30. The van der Waals surface area contributed by atoms with Crippen LogP contribution in [0.1, 0.15) is 70.2 Å². The summed E-state index contributed by atoms with van der Waals surface area (Å²) in [5, 5.41) is 7.61. The van der Waals surface area contributed by atoms with Gasteiger partial charge in [0.15, 0.2) is 0 Å². The number of likely N-dealkylation sites (N-methyl/N-ethyl adjacent to an activating group) is 1. The van der Waals surface area contributed by atoms with Gasteiger partial charge in [-0.3, -0.25) is 0 Å². The van der Waals surface area contributed by atoms with Crippen LogP contribution in [0.15, 0.2) is 4.52 Å². The number of hydrogen-bond acceptors (Lipinski definition) is 5. The predicted octanol–water partition coefficient (Wildman–Crippen LogP) is 3.27. The van der Waals surface area contributed by atoms with Crippen LogP contribution in [0.3, 0.4) is 0 Å². The standard InChI is InChI=1S/C16H29N3O2/c1-4-13(17-5-2)11-14-18-16(19-21-14)15(20-3)12-9-7-6-8-10-12/h12-13,15,17H,4-11H2,1-3H3. The maximum absolute atomic E-state index is 5.67. The van der Waals surface area contributed by atoms with Crippen LogP contribution in [0, 0.1) is 5.92 Å². The molecule has 0 amide bonds. The van der Waals surface area contributed by atoms with Crippen molar-refractivity contribution in [3.63, 3.8) is 0 Å². The van der Waals surface area contributed by atoms with Crippen LogP contribution in [-0.2, 0) is 11.2 Å². The van der Waals surface area contributed by atoms with Gasteiger partial charge in [-0.05, 0) is 31.7 Å². The molecule has 1 saturated carbocycles. The molecule has 1 fully saturated rings. The summed E-state index contributed by atoms with van der Waals surface area (Å²) in [7, 11) is 1.75. The van der Waals surface area contributed by atoms with E-state index in [-0.39, 0.29) is 6.10 Å². The Morgan fingerprint density at radius 1 is 1.29 bits per heavy atom. The van der Waals surface area contributed by atoms with Crippen LogP contribution in [0.25, 0.3) is 0 Å². The van der Waals surface area contributed by atoms with E-state index in [4.69, 9.17) is 9.26 Å². The summed E-state index contributed by atoms with van der Waals surface area (Å²) in [5.41, 5.74) is 0. The smallest absolute Gasteiger partial charge is 0.228 e. The second-order valence-corrected chi connectivity index (χ2v) is 5.97. The molecule has 0 aliphatic heterocycles. The van der Waals surface area contributed by atoms with E-state index in [0.717, 1.165) is 31.1 Å². The van der Waals surface area contributed by atoms with Gasteiger partial charge in [0.25, 0.3) is 0 Å². The Kier molecular flexibility index (Phi) is 6.64. The molecule has 5 nitrogen and oxygen atoms in total. The number of ether oxygens (including phenoxy) is 1. The lowest BCUT2D eigenvalue weighted by Gasteiger charge is -2.26. The Hall–Kier alpha value is -0.940. The highest BCUT2D eigenvalue weighted by Crippen LogP contribution is 2.35. The molecule has 1 aromatic rings. The Balaban J connectivity index is 1.99. The van der Waals surface area contributed by atoms with E-state index in [9.17, 15) is 0 Å². The van der Waals surface area contributed by atoms with Gasteiger partial charge in [0.2, 0.25) is 11.7 Å². The molecule has 1 heterocycles. The second-order valence-electron chi connectivity index (χ2n) is 5.97. The zero-order valence-corrected chi connectivity index (χ0v) is 13.6. The van der Waals surface area contributed by atoms with Crippen molar-refractivity contribution in [1.29, 1.82) is 0 Å². The van der Waals surface area contributed by atoms with E-state index in [1.165, 1.54) is 32.1 Å². The number of hydrogen-bond donors (Lipinski definition) is 1. The summed E-state index contributed by atoms with van der Waals surface area (Å²) in [6, 6.07) is 0.402. The average Bonchev–Trinajstić information content (AvgIpc) is 2.97. The molecular formula is C16H29N3O2. The normalized spacial score (nSPS) is 19.6. The molecule has 0 spiro atoms. The summed E-state index contributed by atoms with van der Waals surface area (Å²) in [6.07, 6.45) is 8.16. The molecule has 21 heavy (non-hydrogen) atoms. The van der Waals surface area contributed by atoms with Gasteiger partial charge < -0.3 is 14.6 Å². The number of nitrogens with one attached hydrogen (secondary N) is 1. The molecule has 1 aliphatic rings. The topological polar surface area (TPSA) is 60.2 Å². The SMILES string of the molecule is CCNC(CC)Cc1nc(C(OC)C2CCCCC2)no1. The van der Waals surface area contributed by atoms with Crippen LogP contribution < -0.4 is 5.32 Å². The lowest BCUT2D eigenvalue weighted by molar-refractivity contribution is 0.0273. The molecule has 2 rings (SSSR count). The van der Waals surface area contributed by atoms with Crippen molar-refractivity contribution in [2.75, 3.05) is 13.7 Å². The highest BCUT2D eigenvalue weighted by atomic mass is 16.5. The van der Waals surface area contributed by atoms with Crippen molar-refractivity contribution in [2.45, 2.75) is 70.9 Å². The van der Waals surface area contributed by atoms with Crippen molar-refractivity contribution >= 4 is 0 Å². The maximum Gasteiger partial charge on any atom is 0.228 e. The first-order chi connectivity index (χ1) is 10.3. The third kappa shape index (κ3) is 4.51. The molecule has 0 aromatic carbocycles. The number of methoxy groups -OCH3 is 1. The summed E-state index contributed by atoms with van der Waals surface area (Å²) >= 11 is 0. The maximum atomic E-state index is 5.67. The Labute approximate surface area is 127 Å². The third-order valence-corrected chi connectivity index (χ3v) is 4.48. The molecule has 0 bridgehead atoms. The predicted molar refractivity (Wildman–Crippen MR) is 82.1 cm³/mol. The molecule has 2 atom stereocenters.